The zero-order chi connectivity index (χ0) is 10.7. The van der Waals surface area contributed by atoms with Crippen LogP contribution in [0.1, 0.15) is 41.7 Å². The highest BCUT2D eigenvalue weighted by molar-refractivity contribution is 7.10. The van der Waals surface area contributed by atoms with Crippen LogP contribution in [0.25, 0.3) is 0 Å². The summed E-state index contributed by atoms with van der Waals surface area (Å²) in [4.78, 5) is 4.11. The van der Waals surface area contributed by atoms with Crippen LogP contribution in [-0.2, 0) is 6.54 Å². The molecule has 0 N–H and O–H groups in total. The van der Waals surface area contributed by atoms with Crippen molar-refractivity contribution in [3.63, 3.8) is 0 Å². The van der Waals surface area contributed by atoms with Crippen LogP contribution in [-0.4, -0.2) is 18.0 Å². The highest BCUT2D eigenvalue weighted by atomic mass is 32.1. The van der Waals surface area contributed by atoms with Gasteiger partial charge in [-0.05, 0) is 56.3 Å². The van der Waals surface area contributed by atoms with Crippen molar-refractivity contribution >= 4 is 11.3 Å². The van der Waals surface area contributed by atoms with Gasteiger partial charge in [0.15, 0.2) is 0 Å². The van der Waals surface area contributed by atoms with Crippen molar-refractivity contribution in [2.45, 2.75) is 46.1 Å². The second kappa shape index (κ2) is 5.13. The molecule has 0 bridgehead atoms. The Morgan fingerprint density at radius 2 is 1.80 bits per heavy atom. The largest absolute Gasteiger partial charge is 0.299 e. The van der Waals surface area contributed by atoms with Gasteiger partial charge in [-0.2, -0.15) is 0 Å². The lowest BCUT2D eigenvalue weighted by Crippen LogP contribution is -2.24. The lowest BCUT2D eigenvalue weighted by atomic mass is 10.1. The maximum absolute atomic E-state index is 2.63. The average molecular weight is 223 g/mol. The predicted molar refractivity (Wildman–Crippen MR) is 67.5 cm³/mol. The normalized spacial score (nSPS) is 19.1. The van der Waals surface area contributed by atoms with Crippen LogP contribution in [0.3, 0.4) is 0 Å². The molecule has 1 fully saturated rings. The molecular formula is C13H21NS. The minimum Gasteiger partial charge on any atom is -0.299 e. The second-order valence-electron chi connectivity index (χ2n) is 4.63. The van der Waals surface area contributed by atoms with Gasteiger partial charge in [0.25, 0.3) is 0 Å². The molecule has 84 valence electrons. The van der Waals surface area contributed by atoms with Crippen molar-refractivity contribution in [1.82, 2.24) is 4.90 Å². The van der Waals surface area contributed by atoms with Crippen molar-refractivity contribution < 1.29 is 0 Å². The third-order valence-corrected chi connectivity index (χ3v) is 4.54. The topological polar surface area (TPSA) is 3.24 Å². The Morgan fingerprint density at radius 1 is 1.13 bits per heavy atom. The van der Waals surface area contributed by atoms with E-state index in [1.165, 1.54) is 55.8 Å². The standard InChI is InChI=1S/C13H21NS/c1-11-12(2)15-10-13(11)9-14-7-5-3-4-6-8-14/h10H,3-9H2,1-2H3. The molecule has 2 heterocycles. The number of rotatable bonds is 2. The fourth-order valence-electron chi connectivity index (χ4n) is 2.25. The fourth-order valence-corrected chi connectivity index (χ4v) is 3.13. The molecule has 0 unspecified atom stereocenters. The van der Waals surface area contributed by atoms with E-state index < -0.39 is 0 Å². The van der Waals surface area contributed by atoms with E-state index >= 15 is 0 Å². The van der Waals surface area contributed by atoms with Gasteiger partial charge in [0, 0.05) is 11.4 Å². The number of likely N-dealkylation sites (tertiary alicyclic amines) is 1. The quantitative estimate of drug-likeness (QED) is 0.738. The van der Waals surface area contributed by atoms with Crippen LogP contribution < -0.4 is 0 Å². The Hall–Kier alpha value is -0.340. The van der Waals surface area contributed by atoms with E-state index in [9.17, 15) is 0 Å². The zero-order valence-electron chi connectivity index (χ0n) is 9.88. The Bertz CT molecular complexity index is 308. The summed E-state index contributed by atoms with van der Waals surface area (Å²) in [5.74, 6) is 0. The third-order valence-electron chi connectivity index (χ3n) is 3.48. The van der Waals surface area contributed by atoms with E-state index in [-0.39, 0.29) is 0 Å². The van der Waals surface area contributed by atoms with E-state index in [4.69, 9.17) is 0 Å². The number of nitrogens with zero attached hydrogens (tertiary/aromatic N) is 1. The lowest BCUT2D eigenvalue weighted by Gasteiger charge is -2.19. The van der Waals surface area contributed by atoms with E-state index in [0.29, 0.717) is 0 Å². The van der Waals surface area contributed by atoms with E-state index in [1.54, 1.807) is 5.56 Å². The molecule has 2 rings (SSSR count). The molecule has 1 aliphatic rings. The molecule has 1 aromatic rings. The molecule has 1 aliphatic heterocycles. The summed E-state index contributed by atoms with van der Waals surface area (Å²) in [7, 11) is 0. The number of hydrogen-bond donors (Lipinski definition) is 0. The minimum atomic E-state index is 1.18. The van der Waals surface area contributed by atoms with Crippen molar-refractivity contribution in [2.75, 3.05) is 13.1 Å². The first-order valence-corrected chi connectivity index (χ1v) is 6.91. The van der Waals surface area contributed by atoms with Crippen LogP contribution in [0.5, 0.6) is 0 Å². The Morgan fingerprint density at radius 3 is 2.33 bits per heavy atom. The summed E-state index contributed by atoms with van der Waals surface area (Å²) in [5.41, 5.74) is 3.07. The van der Waals surface area contributed by atoms with E-state index in [0.717, 1.165) is 0 Å². The van der Waals surface area contributed by atoms with Gasteiger partial charge in [-0.1, -0.05) is 12.8 Å². The molecule has 1 nitrogen and oxygen atoms in total. The van der Waals surface area contributed by atoms with Crippen molar-refractivity contribution in [2.24, 2.45) is 0 Å². The van der Waals surface area contributed by atoms with Crippen molar-refractivity contribution in [1.29, 1.82) is 0 Å². The molecule has 1 saturated heterocycles. The zero-order valence-corrected chi connectivity index (χ0v) is 10.7. The molecule has 2 heteroatoms. The number of hydrogen-bond acceptors (Lipinski definition) is 2. The smallest absolute Gasteiger partial charge is 0.0244 e. The molecule has 0 saturated carbocycles. The van der Waals surface area contributed by atoms with Gasteiger partial charge in [-0.3, -0.25) is 4.90 Å². The summed E-state index contributed by atoms with van der Waals surface area (Å²) in [6.07, 6.45) is 5.64. The second-order valence-corrected chi connectivity index (χ2v) is 5.72. The van der Waals surface area contributed by atoms with E-state index in [1.807, 2.05) is 11.3 Å². The lowest BCUT2D eigenvalue weighted by molar-refractivity contribution is 0.277. The molecule has 0 atom stereocenters. The van der Waals surface area contributed by atoms with Crippen molar-refractivity contribution in [3.8, 4) is 0 Å². The average Bonchev–Trinajstić information content (AvgIpc) is 2.50. The fraction of sp³-hybridized carbons (Fsp3) is 0.692. The number of thiophene rings is 1. The van der Waals surface area contributed by atoms with Gasteiger partial charge in [0.1, 0.15) is 0 Å². The molecule has 1 aromatic heterocycles. The predicted octanol–water partition coefficient (Wildman–Crippen LogP) is 3.74. The summed E-state index contributed by atoms with van der Waals surface area (Å²) < 4.78 is 0. The van der Waals surface area contributed by atoms with Crippen LogP contribution in [0.4, 0.5) is 0 Å². The van der Waals surface area contributed by atoms with Gasteiger partial charge in [0.2, 0.25) is 0 Å². The molecular weight excluding hydrogens is 202 g/mol. The maximum atomic E-state index is 2.63. The van der Waals surface area contributed by atoms with Crippen LogP contribution >= 0.6 is 11.3 Å². The molecule has 15 heavy (non-hydrogen) atoms. The minimum absolute atomic E-state index is 1.18. The molecule has 0 amide bonds. The van der Waals surface area contributed by atoms with Crippen molar-refractivity contribution in [3.05, 3.63) is 21.4 Å². The summed E-state index contributed by atoms with van der Waals surface area (Å²) >= 11 is 1.90. The van der Waals surface area contributed by atoms with Gasteiger partial charge >= 0.3 is 0 Å². The molecule has 0 aliphatic carbocycles. The molecule has 0 radical (unpaired) electrons. The monoisotopic (exact) mass is 223 g/mol. The molecule has 0 aromatic carbocycles. The van der Waals surface area contributed by atoms with Gasteiger partial charge in [-0.15, -0.1) is 11.3 Å². The van der Waals surface area contributed by atoms with Gasteiger partial charge in [0.05, 0.1) is 0 Å². The Balaban J connectivity index is 1.98. The highest BCUT2D eigenvalue weighted by Gasteiger charge is 2.11. The summed E-state index contributed by atoms with van der Waals surface area (Å²) in [6.45, 7) is 8.27. The highest BCUT2D eigenvalue weighted by Crippen LogP contribution is 2.23. The van der Waals surface area contributed by atoms with Crippen LogP contribution in [0.2, 0.25) is 0 Å². The van der Waals surface area contributed by atoms with Crippen LogP contribution in [0.15, 0.2) is 5.38 Å². The van der Waals surface area contributed by atoms with Crippen LogP contribution in [0, 0.1) is 13.8 Å². The summed E-state index contributed by atoms with van der Waals surface area (Å²) in [5, 5.41) is 2.34. The van der Waals surface area contributed by atoms with Gasteiger partial charge < -0.3 is 0 Å². The Kier molecular flexibility index (Phi) is 3.81. The number of aryl methyl sites for hydroxylation is 1. The SMILES string of the molecule is Cc1scc(CN2CCCCCC2)c1C. The first-order valence-electron chi connectivity index (χ1n) is 6.03. The summed E-state index contributed by atoms with van der Waals surface area (Å²) in [6, 6.07) is 0. The van der Waals surface area contributed by atoms with Gasteiger partial charge in [-0.25, -0.2) is 0 Å². The van der Waals surface area contributed by atoms with E-state index in [2.05, 4.69) is 24.1 Å². The maximum Gasteiger partial charge on any atom is 0.0244 e. The first-order chi connectivity index (χ1) is 7.27. The first kappa shape index (κ1) is 11.2. The Labute approximate surface area is 97.1 Å². The molecule has 0 spiro atoms. The third kappa shape index (κ3) is 2.82.